The zero-order valence-electron chi connectivity index (χ0n) is 16.5. The van der Waals surface area contributed by atoms with E-state index in [1.807, 2.05) is 44.2 Å². The molecular formula is C22H23N3O3S. The molecule has 1 aromatic heterocycles. The van der Waals surface area contributed by atoms with Crippen molar-refractivity contribution < 1.29 is 9.90 Å². The van der Waals surface area contributed by atoms with Crippen molar-refractivity contribution in [1.82, 2.24) is 4.57 Å². The number of anilines is 1. The Morgan fingerprint density at radius 3 is 2.38 bits per heavy atom. The largest absolute Gasteiger partial charge is 0.465 e. The van der Waals surface area contributed by atoms with E-state index in [0.29, 0.717) is 34.3 Å². The Morgan fingerprint density at radius 1 is 1.17 bits per heavy atom. The van der Waals surface area contributed by atoms with Gasteiger partial charge in [0.05, 0.1) is 0 Å². The van der Waals surface area contributed by atoms with Crippen molar-refractivity contribution in [2.75, 3.05) is 11.9 Å². The molecule has 0 saturated carbocycles. The number of amides is 1. The van der Waals surface area contributed by atoms with Crippen molar-refractivity contribution in [3.05, 3.63) is 64.4 Å². The van der Waals surface area contributed by atoms with Crippen molar-refractivity contribution in [1.29, 1.82) is 0 Å². The molecule has 2 aromatic carbocycles. The lowest BCUT2D eigenvalue weighted by atomic mass is 9.96. The fourth-order valence-corrected chi connectivity index (χ4v) is 3.58. The molecule has 1 amide bonds. The first-order valence-corrected chi connectivity index (χ1v) is 9.65. The summed E-state index contributed by atoms with van der Waals surface area (Å²) in [6, 6.07) is 14.6. The molecule has 3 N–H and O–H groups in total. The quantitative estimate of drug-likeness (QED) is 0.620. The molecule has 3 aromatic rings. The zero-order chi connectivity index (χ0) is 21.3. The van der Waals surface area contributed by atoms with Crippen LogP contribution in [0, 0.1) is 5.92 Å². The van der Waals surface area contributed by atoms with E-state index in [1.165, 1.54) is 7.05 Å². The minimum absolute atomic E-state index is 0.144. The Bertz CT molecular complexity index is 1150. The summed E-state index contributed by atoms with van der Waals surface area (Å²) in [6.07, 6.45) is -1.15. The number of benzene rings is 2. The Labute approximate surface area is 174 Å². The van der Waals surface area contributed by atoms with E-state index in [0.717, 1.165) is 10.5 Å². The van der Waals surface area contributed by atoms with Gasteiger partial charge in [0.2, 0.25) is 0 Å². The van der Waals surface area contributed by atoms with Gasteiger partial charge in [-0.25, -0.2) is 4.79 Å². The van der Waals surface area contributed by atoms with Crippen molar-refractivity contribution in [3.8, 4) is 11.1 Å². The molecule has 0 atom stereocenters. The van der Waals surface area contributed by atoms with Crippen LogP contribution in [0.2, 0.25) is 0 Å². The third kappa shape index (κ3) is 3.86. The van der Waals surface area contributed by atoms with Crippen LogP contribution in [0.4, 0.5) is 10.6 Å². The minimum Gasteiger partial charge on any atom is -0.465 e. The average Bonchev–Trinajstić information content (AvgIpc) is 2.69. The monoisotopic (exact) mass is 409 g/mol. The molecule has 0 fully saturated rings. The summed E-state index contributed by atoms with van der Waals surface area (Å²) in [4.78, 5) is 26.6. The molecule has 0 unspecified atom stereocenters. The highest BCUT2D eigenvalue weighted by atomic mass is 32.1. The van der Waals surface area contributed by atoms with Crippen LogP contribution in [0.1, 0.15) is 19.4 Å². The van der Waals surface area contributed by atoms with Crippen LogP contribution >= 0.6 is 12.2 Å². The van der Waals surface area contributed by atoms with Crippen LogP contribution in [0.5, 0.6) is 0 Å². The lowest BCUT2D eigenvalue weighted by Gasteiger charge is -2.26. The number of hydrogen-bond acceptors (Lipinski definition) is 3. The first-order chi connectivity index (χ1) is 13.7. The summed E-state index contributed by atoms with van der Waals surface area (Å²) in [5.74, 6) is 0.473. The molecule has 150 valence electrons. The van der Waals surface area contributed by atoms with Crippen LogP contribution in [0.3, 0.4) is 0 Å². The molecule has 7 heteroatoms. The third-order valence-corrected chi connectivity index (χ3v) is 4.98. The maximum Gasteiger partial charge on any atom is 0.412 e. The Balaban J connectivity index is 2.57. The van der Waals surface area contributed by atoms with Crippen molar-refractivity contribution in [2.24, 2.45) is 11.7 Å². The summed E-state index contributed by atoms with van der Waals surface area (Å²) in [5.41, 5.74) is 7.65. The van der Waals surface area contributed by atoms with Crippen molar-refractivity contribution >= 4 is 39.9 Å². The van der Waals surface area contributed by atoms with E-state index in [2.05, 4.69) is 0 Å². The summed E-state index contributed by atoms with van der Waals surface area (Å²) in [6.45, 7) is 4.36. The summed E-state index contributed by atoms with van der Waals surface area (Å²) in [7, 11) is 1.45. The molecule has 0 saturated heterocycles. The van der Waals surface area contributed by atoms with Crippen LogP contribution in [0.15, 0.2) is 53.3 Å². The maximum absolute atomic E-state index is 13.4. The summed E-state index contributed by atoms with van der Waals surface area (Å²) in [5, 5.41) is 10.9. The lowest BCUT2D eigenvalue weighted by molar-refractivity contribution is 0.203. The summed E-state index contributed by atoms with van der Waals surface area (Å²) < 4.78 is 1.55. The van der Waals surface area contributed by atoms with Gasteiger partial charge in [-0.2, -0.15) is 0 Å². The summed E-state index contributed by atoms with van der Waals surface area (Å²) >= 11 is 5.12. The van der Waals surface area contributed by atoms with Gasteiger partial charge in [0.1, 0.15) is 10.8 Å². The molecule has 3 rings (SSSR count). The van der Waals surface area contributed by atoms with Gasteiger partial charge < -0.3 is 10.8 Å². The minimum atomic E-state index is -1.15. The number of nitrogens with two attached hydrogens (primary N) is 1. The number of carbonyl (C=O) groups is 1. The van der Waals surface area contributed by atoms with E-state index >= 15 is 0 Å². The second-order valence-corrected chi connectivity index (χ2v) is 7.78. The van der Waals surface area contributed by atoms with Crippen LogP contribution in [-0.4, -0.2) is 27.8 Å². The van der Waals surface area contributed by atoms with Crippen LogP contribution in [-0.2, 0) is 6.54 Å². The first kappa shape index (κ1) is 20.5. The Hall–Kier alpha value is -3.19. The smallest absolute Gasteiger partial charge is 0.412 e. The number of pyridine rings is 1. The Morgan fingerprint density at radius 2 is 1.83 bits per heavy atom. The molecule has 0 bridgehead atoms. The van der Waals surface area contributed by atoms with Crippen LogP contribution < -0.4 is 16.2 Å². The predicted molar refractivity (Wildman–Crippen MR) is 121 cm³/mol. The van der Waals surface area contributed by atoms with Crippen molar-refractivity contribution in [3.63, 3.8) is 0 Å². The second-order valence-electron chi connectivity index (χ2n) is 7.34. The van der Waals surface area contributed by atoms with E-state index in [-0.39, 0.29) is 16.5 Å². The van der Waals surface area contributed by atoms with Gasteiger partial charge in [-0.1, -0.05) is 62.5 Å². The number of thiocarbonyl (C=S) groups is 1. The van der Waals surface area contributed by atoms with Gasteiger partial charge in [-0.3, -0.25) is 14.3 Å². The third-order valence-electron chi connectivity index (χ3n) is 4.74. The van der Waals surface area contributed by atoms with E-state index < -0.39 is 6.09 Å². The number of fused-ring (bicyclic) bond motifs is 1. The number of aromatic nitrogens is 1. The molecular weight excluding hydrogens is 386 g/mol. The standard InChI is InChI=1S/C22H23N3O3S/c1-13(2)12-25-20(24(3)22(27)28)18(14-7-5-4-6-8-14)17-11-15(19(23)29)9-10-16(17)21(25)26/h4-11,13H,12H2,1-3H3,(H2,23,29)(H,27,28). The highest BCUT2D eigenvalue weighted by Crippen LogP contribution is 2.36. The van der Waals surface area contributed by atoms with E-state index in [9.17, 15) is 14.7 Å². The van der Waals surface area contributed by atoms with E-state index in [4.69, 9.17) is 18.0 Å². The first-order valence-electron chi connectivity index (χ1n) is 9.24. The normalized spacial score (nSPS) is 11.0. The topological polar surface area (TPSA) is 88.6 Å². The van der Waals surface area contributed by atoms with Crippen LogP contribution in [0.25, 0.3) is 21.9 Å². The van der Waals surface area contributed by atoms with Gasteiger partial charge in [0.15, 0.2) is 0 Å². The highest BCUT2D eigenvalue weighted by molar-refractivity contribution is 7.80. The van der Waals surface area contributed by atoms with Crippen molar-refractivity contribution in [2.45, 2.75) is 20.4 Å². The molecule has 0 aliphatic rings. The molecule has 0 spiro atoms. The maximum atomic E-state index is 13.4. The molecule has 29 heavy (non-hydrogen) atoms. The van der Waals surface area contributed by atoms with E-state index in [1.54, 1.807) is 22.8 Å². The number of nitrogens with zero attached hydrogens (tertiary/aromatic N) is 2. The molecule has 6 nitrogen and oxygen atoms in total. The van der Waals surface area contributed by atoms with Gasteiger partial charge in [0, 0.05) is 30.1 Å². The number of rotatable bonds is 5. The number of hydrogen-bond donors (Lipinski definition) is 2. The Kier molecular flexibility index (Phi) is 5.70. The van der Waals surface area contributed by atoms with Gasteiger partial charge >= 0.3 is 6.09 Å². The average molecular weight is 410 g/mol. The number of carboxylic acid groups (broad SMARTS) is 1. The molecule has 1 heterocycles. The lowest BCUT2D eigenvalue weighted by Crippen LogP contribution is -2.34. The van der Waals surface area contributed by atoms with Gasteiger partial charge in [-0.05, 0) is 29.0 Å². The zero-order valence-corrected chi connectivity index (χ0v) is 17.4. The molecule has 0 radical (unpaired) electrons. The van der Waals surface area contributed by atoms with Gasteiger partial charge in [0.25, 0.3) is 5.56 Å². The fraction of sp³-hybridized carbons (Fsp3) is 0.227. The predicted octanol–water partition coefficient (Wildman–Crippen LogP) is 4.07. The van der Waals surface area contributed by atoms with Gasteiger partial charge in [-0.15, -0.1) is 0 Å². The fourth-order valence-electron chi connectivity index (χ4n) is 3.45. The molecule has 0 aliphatic heterocycles. The SMILES string of the molecule is CC(C)Cn1c(N(C)C(=O)O)c(-c2ccccc2)c2cc(C(N)=S)ccc2c1=O. The molecule has 0 aliphatic carbocycles. The second kappa shape index (κ2) is 8.05. The highest BCUT2D eigenvalue weighted by Gasteiger charge is 2.24.